The van der Waals surface area contributed by atoms with Crippen LogP contribution in [0.15, 0.2) is 24.3 Å². The van der Waals surface area contributed by atoms with Gasteiger partial charge in [-0.2, -0.15) is 0 Å². The molecule has 1 heterocycles. The van der Waals surface area contributed by atoms with E-state index in [0.717, 1.165) is 37.7 Å². The number of nitrogens with zero attached hydrogens (tertiary/aromatic N) is 2. The van der Waals surface area contributed by atoms with Gasteiger partial charge in [-0.15, -0.1) is 10.2 Å². The first-order valence-corrected chi connectivity index (χ1v) is 10.2. The number of phenolic OH excluding ortho intramolecular Hbond substituents is 1. The van der Waals surface area contributed by atoms with Gasteiger partial charge in [0.2, 0.25) is 16.9 Å². The zero-order valence-corrected chi connectivity index (χ0v) is 16.4. The first kappa shape index (κ1) is 20.1. The van der Waals surface area contributed by atoms with Crippen LogP contribution in [0.3, 0.4) is 0 Å². The molecule has 1 fully saturated rings. The quantitative estimate of drug-likeness (QED) is 0.553. The SMILES string of the molecule is Nc1nnc(CC(=O)NC2CCC(C(=O)NCCc3ccc(O)cc3)CC2)s1. The summed E-state index contributed by atoms with van der Waals surface area (Å²) in [5.41, 5.74) is 6.59. The van der Waals surface area contributed by atoms with Gasteiger partial charge < -0.3 is 21.5 Å². The molecule has 0 spiro atoms. The Kier molecular flexibility index (Phi) is 6.80. The molecule has 1 aromatic carbocycles. The average Bonchev–Trinajstić information content (AvgIpc) is 3.08. The lowest BCUT2D eigenvalue weighted by atomic mass is 9.85. The first-order valence-electron chi connectivity index (χ1n) is 9.42. The van der Waals surface area contributed by atoms with Gasteiger partial charge in [0, 0.05) is 18.5 Å². The van der Waals surface area contributed by atoms with E-state index in [0.29, 0.717) is 16.7 Å². The number of anilines is 1. The summed E-state index contributed by atoms with van der Waals surface area (Å²) in [4.78, 5) is 24.4. The molecule has 2 aromatic rings. The van der Waals surface area contributed by atoms with Crippen molar-refractivity contribution < 1.29 is 14.7 Å². The lowest BCUT2D eigenvalue weighted by Crippen LogP contribution is -2.41. The van der Waals surface area contributed by atoms with E-state index in [2.05, 4.69) is 20.8 Å². The fourth-order valence-corrected chi connectivity index (χ4v) is 4.00. The number of nitrogens with two attached hydrogens (primary N) is 1. The summed E-state index contributed by atoms with van der Waals surface area (Å²) in [6.07, 6.45) is 4.03. The third-order valence-electron chi connectivity index (χ3n) is 4.91. The molecule has 0 saturated heterocycles. The van der Waals surface area contributed by atoms with Gasteiger partial charge in [-0.05, 0) is 49.8 Å². The van der Waals surface area contributed by atoms with Crippen LogP contribution in [0.25, 0.3) is 0 Å². The molecule has 1 aromatic heterocycles. The topological polar surface area (TPSA) is 130 Å². The molecule has 150 valence electrons. The highest BCUT2D eigenvalue weighted by atomic mass is 32.1. The van der Waals surface area contributed by atoms with Crippen molar-refractivity contribution in [2.45, 2.75) is 44.6 Å². The minimum absolute atomic E-state index is 0.00377. The van der Waals surface area contributed by atoms with Crippen molar-refractivity contribution in [3.8, 4) is 5.75 Å². The Hall–Kier alpha value is -2.68. The molecule has 5 N–H and O–H groups in total. The maximum absolute atomic E-state index is 12.4. The molecule has 0 atom stereocenters. The van der Waals surface area contributed by atoms with Crippen LogP contribution in [-0.4, -0.2) is 39.7 Å². The number of nitrogens with one attached hydrogen (secondary N) is 2. The molecule has 2 amide bonds. The summed E-state index contributed by atoms with van der Waals surface area (Å²) < 4.78 is 0. The van der Waals surface area contributed by atoms with Crippen molar-refractivity contribution in [1.29, 1.82) is 0 Å². The van der Waals surface area contributed by atoms with Crippen molar-refractivity contribution in [2.75, 3.05) is 12.3 Å². The number of phenols is 1. The van der Waals surface area contributed by atoms with Crippen molar-refractivity contribution in [2.24, 2.45) is 5.92 Å². The molecular formula is C19H25N5O3S. The first-order chi connectivity index (χ1) is 13.5. The van der Waals surface area contributed by atoms with Gasteiger partial charge in [-0.3, -0.25) is 9.59 Å². The monoisotopic (exact) mass is 403 g/mol. The number of carbonyl (C=O) groups excluding carboxylic acids is 2. The predicted octanol–water partition coefficient (Wildman–Crippen LogP) is 1.40. The van der Waals surface area contributed by atoms with Crippen LogP contribution >= 0.6 is 11.3 Å². The third kappa shape index (κ3) is 5.91. The lowest BCUT2D eigenvalue weighted by molar-refractivity contribution is -0.126. The Morgan fingerprint density at radius 3 is 2.50 bits per heavy atom. The van der Waals surface area contributed by atoms with Crippen LogP contribution in [0.5, 0.6) is 5.75 Å². The highest BCUT2D eigenvalue weighted by molar-refractivity contribution is 7.15. The highest BCUT2D eigenvalue weighted by Crippen LogP contribution is 2.24. The van der Waals surface area contributed by atoms with Crippen LogP contribution < -0.4 is 16.4 Å². The Balaban J connectivity index is 1.34. The van der Waals surface area contributed by atoms with E-state index in [4.69, 9.17) is 5.73 Å². The molecule has 9 heteroatoms. The van der Waals surface area contributed by atoms with E-state index >= 15 is 0 Å². The normalized spacial score (nSPS) is 19.1. The number of rotatable bonds is 7. The molecule has 28 heavy (non-hydrogen) atoms. The zero-order chi connectivity index (χ0) is 19.9. The van der Waals surface area contributed by atoms with E-state index in [9.17, 15) is 14.7 Å². The van der Waals surface area contributed by atoms with Gasteiger partial charge in [-0.1, -0.05) is 23.5 Å². The van der Waals surface area contributed by atoms with Crippen LogP contribution in [0.1, 0.15) is 36.3 Å². The number of hydrogen-bond acceptors (Lipinski definition) is 7. The number of carbonyl (C=O) groups is 2. The summed E-state index contributed by atoms with van der Waals surface area (Å²) in [6.45, 7) is 0.575. The summed E-state index contributed by atoms with van der Waals surface area (Å²) in [5.74, 6) is 0.228. The number of benzene rings is 1. The van der Waals surface area contributed by atoms with E-state index < -0.39 is 0 Å². The summed E-state index contributed by atoms with van der Waals surface area (Å²) in [7, 11) is 0. The molecule has 0 radical (unpaired) electrons. The molecule has 0 unspecified atom stereocenters. The van der Waals surface area contributed by atoms with Gasteiger partial charge in [0.05, 0.1) is 6.42 Å². The minimum atomic E-state index is -0.0852. The standard InChI is InChI=1S/C19H25N5O3S/c20-19-24-23-17(28-19)11-16(26)22-14-5-3-13(4-6-14)18(27)21-10-9-12-1-7-15(25)8-2-12/h1-2,7-8,13-14,25H,3-6,9-11H2,(H2,20,24)(H,21,27)(H,22,26). The zero-order valence-electron chi connectivity index (χ0n) is 15.6. The largest absolute Gasteiger partial charge is 0.508 e. The molecule has 8 nitrogen and oxygen atoms in total. The average molecular weight is 404 g/mol. The van der Waals surface area contributed by atoms with E-state index in [-0.39, 0.29) is 35.9 Å². The van der Waals surface area contributed by atoms with Gasteiger partial charge in [0.15, 0.2) is 0 Å². The van der Waals surface area contributed by atoms with Crippen molar-refractivity contribution in [3.63, 3.8) is 0 Å². The van der Waals surface area contributed by atoms with Gasteiger partial charge in [0.1, 0.15) is 10.8 Å². The Bertz CT molecular complexity index is 800. The molecule has 1 aliphatic rings. The summed E-state index contributed by atoms with van der Waals surface area (Å²) in [6, 6.07) is 7.09. The number of amides is 2. The summed E-state index contributed by atoms with van der Waals surface area (Å²) >= 11 is 1.22. The van der Waals surface area contributed by atoms with Crippen molar-refractivity contribution in [3.05, 3.63) is 34.8 Å². The van der Waals surface area contributed by atoms with Crippen molar-refractivity contribution >= 4 is 28.3 Å². The Morgan fingerprint density at radius 1 is 1.14 bits per heavy atom. The van der Waals surface area contributed by atoms with Gasteiger partial charge in [0.25, 0.3) is 0 Å². The molecule has 3 rings (SSSR count). The molecule has 0 aliphatic heterocycles. The van der Waals surface area contributed by atoms with Crippen LogP contribution in [0.4, 0.5) is 5.13 Å². The molecular weight excluding hydrogens is 378 g/mol. The Labute approximate surface area is 167 Å². The maximum atomic E-state index is 12.4. The minimum Gasteiger partial charge on any atom is -0.508 e. The molecule has 0 bridgehead atoms. The Morgan fingerprint density at radius 2 is 1.86 bits per heavy atom. The van der Waals surface area contributed by atoms with E-state index in [1.54, 1.807) is 12.1 Å². The summed E-state index contributed by atoms with van der Waals surface area (Å²) in [5, 5.41) is 23.8. The second kappa shape index (κ2) is 9.50. The van der Waals surface area contributed by atoms with E-state index in [1.807, 2.05) is 12.1 Å². The number of hydrogen-bond donors (Lipinski definition) is 4. The van der Waals surface area contributed by atoms with E-state index in [1.165, 1.54) is 11.3 Å². The van der Waals surface area contributed by atoms with Crippen LogP contribution in [0.2, 0.25) is 0 Å². The van der Waals surface area contributed by atoms with Gasteiger partial charge >= 0.3 is 0 Å². The second-order valence-electron chi connectivity index (χ2n) is 7.03. The van der Waals surface area contributed by atoms with Crippen molar-refractivity contribution in [1.82, 2.24) is 20.8 Å². The smallest absolute Gasteiger partial charge is 0.227 e. The second-order valence-corrected chi connectivity index (χ2v) is 8.13. The number of nitrogen functional groups attached to an aromatic ring is 1. The maximum Gasteiger partial charge on any atom is 0.227 e. The third-order valence-corrected chi connectivity index (χ3v) is 5.66. The fourth-order valence-electron chi connectivity index (χ4n) is 3.39. The highest BCUT2D eigenvalue weighted by Gasteiger charge is 2.27. The van der Waals surface area contributed by atoms with Gasteiger partial charge in [-0.25, -0.2) is 0 Å². The number of aromatic nitrogens is 2. The lowest BCUT2D eigenvalue weighted by Gasteiger charge is -2.28. The van der Waals surface area contributed by atoms with Crippen LogP contribution in [0, 0.1) is 5.92 Å². The number of aromatic hydroxyl groups is 1. The fraction of sp³-hybridized carbons (Fsp3) is 0.474. The van der Waals surface area contributed by atoms with Crippen LogP contribution in [-0.2, 0) is 22.4 Å². The molecule has 1 saturated carbocycles. The predicted molar refractivity (Wildman–Crippen MR) is 107 cm³/mol. The molecule has 1 aliphatic carbocycles.